The van der Waals surface area contributed by atoms with Crippen LogP contribution in [0.3, 0.4) is 0 Å². The van der Waals surface area contributed by atoms with E-state index in [4.69, 9.17) is 14.2 Å². The number of amides is 1. The van der Waals surface area contributed by atoms with Crippen LogP contribution in [0.25, 0.3) is 0 Å². The summed E-state index contributed by atoms with van der Waals surface area (Å²) in [4.78, 5) is 14.2. The normalized spacial score (nSPS) is 28.2. The molecule has 2 heterocycles. The number of carbonyl (C=O) groups excluding carboxylic acids is 1. The molecule has 2 aliphatic heterocycles. The molecule has 0 N–H and O–H groups in total. The van der Waals surface area contributed by atoms with E-state index in [1.165, 1.54) is 0 Å². The molecule has 5 heteroatoms. The molecular weight excluding hydrogens is 270 g/mol. The number of methoxy groups -OCH3 is 1. The van der Waals surface area contributed by atoms with Crippen molar-refractivity contribution in [3.8, 4) is 0 Å². The van der Waals surface area contributed by atoms with Gasteiger partial charge in [-0.1, -0.05) is 30.3 Å². The monoisotopic (exact) mass is 291 g/mol. The SMILES string of the molecule is COC1CC2COCC(C1)N2C(=O)OCc1ccccc1. The Kier molecular flexibility index (Phi) is 4.41. The fourth-order valence-electron chi connectivity index (χ4n) is 3.15. The van der Waals surface area contributed by atoms with Crippen LogP contribution in [0.2, 0.25) is 0 Å². The Labute approximate surface area is 124 Å². The molecule has 0 aliphatic carbocycles. The lowest BCUT2D eigenvalue weighted by molar-refractivity contribution is -0.103. The van der Waals surface area contributed by atoms with E-state index >= 15 is 0 Å². The van der Waals surface area contributed by atoms with Gasteiger partial charge in [-0.2, -0.15) is 0 Å². The van der Waals surface area contributed by atoms with Crippen LogP contribution in [0.5, 0.6) is 0 Å². The highest BCUT2D eigenvalue weighted by Gasteiger charge is 2.42. The molecule has 0 spiro atoms. The van der Waals surface area contributed by atoms with Gasteiger partial charge in [0.15, 0.2) is 0 Å². The Morgan fingerprint density at radius 3 is 2.52 bits per heavy atom. The number of nitrogens with zero attached hydrogens (tertiary/aromatic N) is 1. The summed E-state index contributed by atoms with van der Waals surface area (Å²) in [7, 11) is 1.73. The molecule has 21 heavy (non-hydrogen) atoms. The first kappa shape index (κ1) is 14.4. The zero-order valence-corrected chi connectivity index (χ0v) is 12.2. The molecule has 2 atom stereocenters. The van der Waals surface area contributed by atoms with Crippen molar-refractivity contribution >= 4 is 6.09 Å². The fraction of sp³-hybridized carbons (Fsp3) is 0.562. The minimum Gasteiger partial charge on any atom is -0.445 e. The average molecular weight is 291 g/mol. The third-order valence-electron chi connectivity index (χ3n) is 4.23. The van der Waals surface area contributed by atoms with Gasteiger partial charge in [0.05, 0.1) is 31.4 Å². The van der Waals surface area contributed by atoms with Crippen LogP contribution in [0.15, 0.2) is 30.3 Å². The summed E-state index contributed by atoms with van der Waals surface area (Å²) in [5, 5.41) is 0. The van der Waals surface area contributed by atoms with E-state index in [1.807, 2.05) is 35.2 Å². The zero-order valence-electron chi connectivity index (χ0n) is 12.2. The zero-order chi connectivity index (χ0) is 14.7. The van der Waals surface area contributed by atoms with Crippen molar-refractivity contribution < 1.29 is 19.0 Å². The minimum absolute atomic E-state index is 0.0609. The first-order valence-electron chi connectivity index (χ1n) is 7.37. The summed E-state index contributed by atoms with van der Waals surface area (Å²) in [5.74, 6) is 0. The van der Waals surface area contributed by atoms with Crippen LogP contribution in [-0.2, 0) is 20.8 Å². The van der Waals surface area contributed by atoms with Gasteiger partial charge in [-0.05, 0) is 18.4 Å². The molecule has 2 fully saturated rings. The van der Waals surface area contributed by atoms with Crippen LogP contribution in [0.4, 0.5) is 4.79 Å². The highest BCUT2D eigenvalue weighted by molar-refractivity contribution is 5.69. The molecular formula is C16H21NO4. The van der Waals surface area contributed by atoms with Crippen molar-refractivity contribution in [2.75, 3.05) is 20.3 Å². The number of morpholine rings is 1. The van der Waals surface area contributed by atoms with Gasteiger partial charge in [-0.3, -0.25) is 4.90 Å². The topological polar surface area (TPSA) is 48.0 Å². The Bertz CT molecular complexity index is 464. The van der Waals surface area contributed by atoms with Crippen LogP contribution >= 0.6 is 0 Å². The predicted molar refractivity (Wildman–Crippen MR) is 76.9 cm³/mol. The molecule has 1 aromatic carbocycles. The molecule has 2 bridgehead atoms. The lowest BCUT2D eigenvalue weighted by Gasteiger charge is -2.47. The van der Waals surface area contributed by atoms with E-state index < -0.39 is 0 Å². The van der Waals surface area contributed by atoms with E-state index in [1.54, 1.807) is 7.11 Å². The molecule has 114 valence electrons. The van der Waals surface area contributed by atoms with Gasteiger partial charge in [-0.15, -0.1) is 0 Å². The number of hydrogen-bond acceptors (Lipinski definition) is 4. The molecule has 0 saturated carbocycles. The summed E-state index contributed by atoms with van der Waals surface area (Å²) in [6.45, 7) is 1.44. The summed E-state index contributed by atoms with van der Waals surface area (Å²) in [6.07, 6.45) is 1.59. The summed E-state index contributed by atoms with van der Waals surface area (Å²) < 4.78 is 16.5. The van der Waals surface area contributed by atoms with E-state index in [9.17, 15) is 4.79 Å². The Morgan fingerprint density at radius 1 is 1.24 bits per heavy atom. The van der Waals surface area contributed by atoms with Gasteiger partial charge < -0.3 is 14.2 Å². The second-order valence-electron chi connectivity index (χ2n) is 5.62. The fourth-order valence-corrected chi connectivity index (χ4v) is 3.15. The average Bonchev–Trinajstić information content (AvgIpc) is 2.52. The van der Waals surface area contributed by atoms with Gasteiger partial charge in [0.1, 0.15) is 6.61 Å². The van der Waals surface area contributed by atoms with Crippen LogP contribution in [0, 0.1) is 0 Å². The van der Waals surface area contributed by atoms with Crippen LogP contribution in [0.1, 0.15) is 18.4 Å². The molecule has 1 amide bonds. The number of ether oxygens (including phenoxy) is 3. The molecule has 2 saturated heterocycles. The number of carbonyl (C=O) groups is 1. The number of benzene rings is 1. The van der Waals surface area contributed by atoms with Crippen molar-refractivity contribution in [3.63, 3.8) is 0 Å². The van der Waals surface area contributed by atoms with Crippen LogP contribution < -0.4 is 0 Å². The second-order valence-corrected chi connectivity index (χ2v) is 5.62. The second kappa shape index (κ2) is 6.45. The summed E-state index contributed by atoms with van der Waals surface area (Å²) >= 11 is 0. The van der Waals surface area contributed by atoms with Crippen LogP contribution in [-0.4, -0.2) is 49.5 Å². The highest BCUT2D eigenvalue weighted by atomic mass is 16.6. The van der Waals surface area contributed by atoms with Gasteiger partial charge in [-0.25, -0.2) is 4.79 Å². The molecule has 5 nitrogen and oxygen atoms in total. The van der Waals surface area contributed by atoms with Gasteiger partial charge in [0.25, 0.3) is 0 Å². The smallest absolute Gasteiger partial charge is 0.410 e. The third kappa shape index (κ3) is 3.19. The maximum atomic E-state index is 12.4. The number of piperidine rings is 1. The third-order valence-corrected chi connectivity index (χ3v) is 4.23. The molecule has 0 radical (unpaired) electrons. The first-order chi connectivity index (χ1) is 10.3. The Balaban J connectivity index is 1.61. The van der Waals surface area contributed by atoms with Crippen molar-refractivity contribution in [2.24, 2.45) is 0 Å². The number of hydrogen-bond donors (Lipinski definition) is 0. The van der Waals surface area contributed by atoms with Gasteiger partial charge in [0, 0.05) is 7.11 Å². The molecule has 2 aliphatic rings. The van der Waals surface area contributed by atoms with Crippen molar-refractivity contribution in [3.05, 3.63) is 35.9 Å². The first-order valence-corrected chi connectivity index (χ1v) is 7.37. The van der Waals surface area contributed by atoms with E-state index in [0.717, 1.165) is 18.4 Å². The molecule has 2 unspecified atom stereocenters. The predicted octanol–water partition coefficient (Wildman–Crippen LogP) is 2.20. The lowest BCUT2D eigenvalue weighted by Crippen LogP contribution is -2.60. The van der Waals surface area contributed by atoms with Crippen molar-refractivity contribution in [1.82, 2.24) is 4.90 Å². The maximum Gasteiger partial charge on any atom is 0.410 e. The van der Waals surface area contributed by atoms with Crippen molar-refractivity contribution in [2.45, 2.75) is 37.6 Å². The molecule has 1 aromatic rings. The maximum absolute atomic E-state index is 12.4. The highest BCUT2D eigenvalue weighted by Crippen LogP contribution is 2.29. The largest absolute Gasteiger partial charge is 0.445 e. The van der Waals surface area contributed by atoms with Gasteiger partial charge in [0.2, 0.25) is 0 Å². The quantitative estimate of drug-likeness (QED) is 0.856. The Morgan fingerprint density at radius 2 is 1.90 bits per heavy atom. The lowest BCUT2D eigenvalue weighted by atomic mass is 9.92. The van der Waals surface area contributed by atoms with E-state index in [2.05, 4.69) is 0 Å². The minimum atomic E-state index is -0.244. The molecule has 0 aromatic heterocycles. The van der Waals surface area contributed by atoms with E-state index in [-0.39, 0.29) is 24.3 Å². The van der Waals surface area contributed by atoms with Gasteiger partial charge >= 0.3 is 6.09 Å². The number of rotatable bonds is 3. The summed E-state index contributed by atoms with van der Waals surface area (Å²) in [5.41, 5.74) is 0.999. The standard InChI is InChI=1S/C16H21NO4/c1-19-15-7-13-10-20-11-14(8-15)17(13)16(18)21-9-12-5-3-2-4-6-12/h2-6,13-15H,7-11H2,1H3. The van der Waals surface area contributed by atoms with Crippen molar-refractivity contribution in [1.29, 1.82) is 0 Å². The van der Waals surface area contributed by atoms with E-state index in [0.29, 0.717) is 19.8 Å². The molecule has 3 rings (SSSR count). The Hall–Kier alpha value is -1.59. The number of fused-ring (bicyclic) bond motifs is 2. The summed E-state index contributed by atoms with van der Waals surface area (Å²) in [6, 6.07) is 9.85.